The molecule has 0 aliphatic heterocycles. The average Bonchev–Trinajstić information content (AvgIpc) is 2.39. The number of alkyl halides is 1. The van der Waals surface area contributed by atoms with Crippen LogP contribution in [0.25, 0.3) is 11.3 Å². The van der Waals surface area contributed by atoms with Gasteiger partial charge in [0.25, 0.3) is 0 Å². The zero-order valence-corrected chi connectivity index (χ0v) is 8.52. The predicted octanol–water partition coefficient (Wildman–Crippen LogP) is 3.09. The second-order valence-electron chi connectivity index (χ2n) is 3.35. The van der Waals surface area contributed by atoms with E-state index in [1.54, 1.807) is 36.4 Å². The molecule has 0 radical (unpaired) electrons. The average molecular weight is 212 g/mol. The van der Waals surface area contributed by atoms with Gasteiger partial charge in [0.05, 0.1) is 5.69 Å². The molecule has 0 aliphatic rings. The molecule has 0 N–H and O–H groups in total. The Morgan fingerprint density at radius 2 is 2.00 bits per heavy atom. The predicted molar refractivity (Wildman–Crippen MR) is 59.2 cm³/mol. The largest absolute Gasteiger partial charge is 0.246 e. The topological polar surface area (TPSA) is 36.7 Å². The summed E-state index contributed by atoms with van der Waals surface area (Å²) in [4.78, 5) is 4.15. The van der Waals surface area contributed by atoms with E-state index >= 15 is 0 Å². The number of benzene rings is 1. The second-order valence-corrected chi connectivity index (χ2v) is 3.35. The van der Waals surface area contributed by atoms with Crippen LogP contribution >= 0.6 is 0 Å². The lowest BCUT2D eigenvalue weighted by Gasteiger charge is -2.02. The van der Waals surface area contributed by atoms with Gasteiger partial charge in [-0.25, -0.2) is 9.37 Å². The van der Waals surface area contributed by atoms with Crippen LogP contribution < -0.4 is 0 Å². The van der Waals surface area contributed by atoms with Crippen molar-refractivity contribution in [2.45, 2.75) is 6.67 Å². The van der Waals surface area contributed by atoms with E-state index in [-0.39, 0.29) is 0 Å². The summed E-state index contributed by atoms with van der Waals surface area (Å²) in [7, 11) is 0. The molecule has 1 aromatic carbocycles. The van der Waals surface area contributed by atoms with Gasteiger partial charge in [-0.15, -0.1) is 0 Å². The zero-order chi connectivity index (χ0) is 11.4. The molecule has 0 aliphatic carbocycles. The summed E-state index contributed by atoms with van der Waals surface area (Å²) in [6.45, 7) is -0.494. The molecule has 0 amide bonds. The number of halogens is 1. The Morgan fingerprint density at radius 1 is 1.19 bits per heavy atom. The number of nitrogens with zero attached hydrogens (tertiary/aromatic N) is 2. The summed E-state index contributed by atoms with van der Waals surface area (Å²) < 4.78 is 12.5. The molecular weight excluding hydrogens is 203 g/mol. The summed E-state index contributed by atoms with van der Waals surface area (Å²) in [5.74, 6) is 0. The van der Waals surface area contributed by atoms with Crippen molar-refractivity contribution in [1.82, 2.24) is 4.98 Å². The standard InChI is InChI=1S/C13H9FN2/c14-8-10-3-1-4-11(7-10)13-6-2-5-12(9-15)16-13/h1-7H,8H2. The highest BCUT2D eigenvalue weighted by Crippen LogP contribution is 2.18. The molecule has 3 heteroatoms. The van der Waals surface area contributed by atoms with Crippen molar-refractivity contribution in [3.05, 3.63) is 53.7 Å². The van der Waals surface area contributed by atoms with Gasteiger partial charge in [0, 0.05) is 5.56 Å². The van der Waals surface area contributed by atoms with E-state index in [0.29, 0.717) is 17.0 Å². The lowest BCUT2D eigenvalue weighted by atomic mass is 10.1. The Hall–Kier alpha value is -2.21. The van der Waals surface area contributed by atoms with Crippen molar-refractivity contribution in [3.8, 4) is 17.3 Å². The van der Waals surface area contributed by atoms with E-state index < -0.39 is 6.67 Å². The number of nitriles is 1. The van der Waals surface area contributed by atoms with Crippen LogP contribution in [0.1, 0.15) is 11.3 Å². The van der Waals surface area contributed by atoms with Gasteiger partial charge in [-0.2, -0.15) is 5.26 Å². The van der Waals surface area contributed by atoms with Crippen LogP contribution in [-0.2, 0) is 6.67 Å². The van der Waals surface area contributed by atoms with Gasteiger partial charge in [0.15, 0.2) is 0 Å². The minimum atomic E-state index is -0.494. The first-order chi connectivity index (χ1) is 7.83. The minimum Gasteiger partial charge on any atom is -0.246 e. The summed E-state index contributed by atoms with van der Waals surface area (Å²) >= 11 is 0. The molecule has 16 heavy (non-hydrogen) atoms. The summed E-state index contributed by atoms with van der Waals surface area (Å²) in [5.41, 5.74) is 2.49. The maximum absolute atomic E-state index is 12.5. The van der Waals surface area contributed by atoms with E-state index in [2.05, 4.69) is 4.98 Å². The zero-order valence-electron chi connectivity index (χ0n) is 8.52. The normalized spacial score (nSPS) is 9.75. The summed E-state index contributed by atoms with van der Waals surface area (Å²) in [6.07, 6.45) is 0. The van der Waals surface area contributed by atoms with Gasteiger partial charge in [0.1, 0.15) is 18.4 Å². The summed E-state index contributed by atoms with van der Waals surface area (Å²) in [5, 5.41) is 8.74. The monoisotopic (exact) mass is 212 g/mol. The third-order valence-corrected chi connectivity index (χ3v) is 2.24. The molecule has 78 valence electrons. The maximum Gasteiger partial charge on any atom is 0.141 e. The van der Waals surface area contributed by atoms with Crippen molar-refractivity contribution in [2.24, 2.45) is 0 Å². The van der Waals surface area contributed by atoms with Crippen LogP contribution in [0.5, 0.6) is 0 Å². The van der Waals surface area contributed by atoms with Crippen LogP contribution in [0.15, 0.2) is 42.5 Å². The van der Waals surface area contributed by atoms with E-state index in [0.717, 1.165) is 5.56 Å². The fourth-order valence-electron chi connectivity index (χ4n) is 1.47. The first-order valence-corrected chi connectivity index (χ1v) is 4.86. The van der Waals surface area contributed by atoms with Crippen molar-refractivity contribution >= 4 is 0 Å². The second kappa shape index (κ2) is 4.54. The summed E-state index contributed by atoms with van der Waals surface area (Å²) in [6, 6.07) is 14.3. The lowest BCUT2D eigenvalue weighted by molar-refractivity contribution is 0.485. The molecule has 1 heterocycles. The first kappa shape index (κ1) is 10.3. The maximum atomic E-state index is 12.5. The van der Waals surface area contributed by atoms with Crippen LogP contribution in [0.2, 0.25) is 0 Å². The molecule has 0 unspecified atom stereocenters. The van der Waals surface area contributed by atoms with Crippen LogP contribution in [-0.4, -0.2) is 4.98 Å². The highest BCUT2D eigenvalue weighted by molar-refractivity contribution is 5.60. The molecule has 0 saturated heterocycles. The first-order valence-electron chi connectivity index (χ1n) is 4.86. The molecule has 0 spiro atoms. The van der Waals surface area contributed by atoms with Crippen LogP contribution in [0.4, 0.5) is 4.39 Å². The molecule has 1 aromatic heterocycles. The molecule has 0 bridgehead atoms. The highest BCUT2D eigenvalue weighted by atomic mass is 19.1. The number of pyridine rings is 1. The molecule has 2 rings (SSSR count). The van der Waals surface area contributed by atoms with Gasteiger partial charge in [-0.3, -0.25) is 0 Å². The Balaban J connectivity index is 2.46. The SMILES string of the molecule is N#Cc1cccc(-c2cccc(CF)c2)n1. The number of aromatic nitrogens is 1. The lowest BCUT2D eigenvalue weighted by Crippen LogP contribution is -1.88. The Labute approximate surface area is 93.0 Å². The van der Waals surface area contributed by atoms with Gasteiger partial charge >= 0.3 is 0 Å². The van der Waals surface area contributed by atoms with Crippen LogP contribution in [0.3, 0.4) is 0 Å². The Bertz CT molecular complexity index is 544. The molecule has 0 atom stereocenters. The van der Waals surface area contributed by atoms with Gasteiger partial charge < -0.3 is 0 Å². The van der Waals surface area contributed by atoms with Gasteiger partial charge in [-0.1, -0.05) is 24.3 Å². The third kappa shape index (κ3) is 2.06. The van der Waals surface area contributed by atoms with Crippen molar-refractivity contribution in [1.29, 1.82) is 5.26 Å². The number of hydrogen-bond acceptors (Lipinski definition) is 2. The minimum absolute atomic E-state index is 0.364. The van der Waals surface area contributed by atoms with Gasteiger partial charge in [0.2, 0.25) is 0 Å². The number of hydrogen-bond donors (Lipinski definition) is 0. The van der Waals surface area contributed by atoms with Gasteiger partial charge in [-0.05, 0) is 23.8 Å². The van der Waals surface area contributed by atoms with E-state index in [1.165, 1.54) is 0 Å². The van der Waals surface area contributed by atoms with Crippen molar-refractivity contribution in [2.75, 3.05) is 0 Å². The highest BCUT2D eigenvalue weighted by Gasteiger charge is 2.01. The Kier molecular flexibility index (Phi) is 2.93. The van der Waals surface area contributed by atoms with Crippen molar-refractivity contribution < 1.29 is 4.39 Å². The van der Waals surface area contributed by atoms with Crippen molar-refractivity contribution in [3.63, 3.8) is 0 Å². The quantitative estimate of drug-likeness (QED) is 0.767. The molecule has 2 nitrogen and oxygen atoms in total. The van der Waals surface area contributed by atoms with E-state index in [4.69, 9.17) is 5.26 Å². The van der Waals surface area contributed by atoms with E-state index in [1.807, 2.05) is 12.1 Å². The molecular formula is C13H9FN2. The molecule has 0 saturated carbocycles. The fourth-order valence-corrected chi connectivity index (χ4v) is 1.47. The molecule has 2 aromatic rings. The van der Waals surface area contributed by atoms with Crippen LogP contribution in [0, 0.1) is 11.3 Å². The smallest absolute Gasteiger partial charge is 0.141 e. The van der Waals surface area contributed by atoms with E-state index in [9.17, 15) is 4.39 Å². The molecule has 0 fully saturated rings. The third-order valence-electron chi connectivity index (χ3n) is 2.24. The Morgan fingerprint density at radius 3 is 2.75 bits per heavy atom. The number of rotatable bonds is 2. The fraction of sp³-hybridized carbons (Fsp3) is 0.0769.